The Labute approximate surface area is 152 Å². The monoisotopic (exact) mass is 376 g/mol. The average molecular weight is 376 g/mol. The van der Waals surface area contributed by atoms with Crippen molar-refractivity contribution < 1.29 is 13.6 Å². The van der Waals surface area contributed by atoms with Gasteiger partial charge >= 0.3 is 0 Å². The highest BCUT2D eigenvalue weighted by Crippen LogP contribution is 2.31. The minimum Gasteiger partial charge on any atom is -0.274 e. The summed E-state index contributed by atoms with van der Waals surface area (Å²) in [6.07, 6.45) is 0. The van der Waals surface area contributed by atoms with Crippen LogP contribution in [0.3, 0.4) is 0 Å². The van der Waals surface area contributed by atoms with Crippen LogP contribution in [-0.4, -0.2) is 10.9 Å². The van der Waals surface area contributed by atoms with Gasteiger partial charge in [-0.15, -0.1) is 23.1 Å². The van der Waals surface area contributed by atoms with Crippen LogP contribution in [0.5, 0.6) is 0 Å². The zero-order valence-corrected chi connectivity index (χ0v) is 14.9. The van der Waals surface area contributed by atoms with E-state index in [0.29, 0.717) is 15.8 Å². The van der Waals surface area contributed by atoms with Crippen LogP contribution >= 0.6 is 23.1 Å². The number of halogens is 2. The lowest BCUT2D eigenvalue weighted by Gasteiger charge is -2.17. The minimum atomic E-state index is -0.865. The van der Waals surface area contributed by atoms with Gasteiger partial charge in [-0.2, -0.15) is 0 Å². The Hall–Kier alpha value is -2.25. The molecule has 1 heterocycles. The number of thiazole rings is 1. The molecule has 0 aliphatic rings. The van der Waals surface area contributed by atoms with Crippen LogP contribution in [0.4, 0.5) is 19.6 Å². The van der Waals surface area contributed by atoms with E-state index in [2.05, 4.69) is 4.98 Å². The minimum absolute atomic E-state index is 0.125. The third-order valence-corrected chi connectivity index (χ3v) is 5.24. The number of carbonyl (C=O) groups excluding carboxylic acids is 1. The van der Waals surface area contributed by atoms with Gasteiger partial charge in [0.15, 0.2) is 16.8 Å². The zero-order valence-electron chi connectivity index (χ0n) is 13.3. The maximum absolute atomic E-state index is 13.2. The summed E-state index contributed by atoms with van der Waals surface area (Å²) in [5.41, 5.74) is 1.53. The molecule has 0 fully saturated rings. The molecule has 0 saturated heterocycles. The van der Waals surface area contributed by atoms with Gasteiger partial charge < -0.3 is 0 Å². The summed E-state index contributed by atoms with van der Waals surface area (Å²) < 4.78 is 26.2. The van der Waals surface area contributed by atoms with Gasteiger partial charge in [-0.1, -0.05) is 18.2 Å². The van der Waals surface area contributed by atoms with Crippen molar-refractivity contribution >= 4 is 39.8 Å². The maximum Gasteiger partial charge on any atom is 0.230 e. The van der Waals surface area contributed by atoms with Gasteiger partial charge in [0, 0.05) is 23.0 Å². The standard InChI is InChI=1S/C18H14F2N2OS2/c1-12(23)22(14-5-3-2-4-6-14)18-21-13(11-25-18)10-24-15-7-8-16(19)17(20)9-15/h2-9,11H,10H2,1H3. The van der Waals surface area contributed by atoms with E-state index in [9.17, 15) is 13.6 Å². The largest absolute Gasteiger partial charge is 0.274 e. The number of carbonyl (C=O) groups is 1. The van der Waals surface area contributed by atoms with Crippen LogP contribution in [-0.2, 0) is 10.5 Å². The first-order chi connectivity index (χ1) is 12.0. The topological polar surface area (TPSA) is 33.2 Å². The lowest BCUT2D eigenvalue weighted by atomic mass is 10.3. The van der Waals surface area contributed by atoms with Crippen LogP contribution < -0.4 is 4.90 Å². The van der Waals surface area contributed by atoms with E-state index in [4.69, 9.17) is 0 Å². The number of nitrogens with zero attached hydrogens (tertiary/aromatic N) is 2. The van der Waals surface area contributed by atoms with Crippen molar-refractivity contribution in [3.63, 3.8) is 0 Å². The molecule has 0 bridgehead atoms. The van der Waals surface area contributed by atoms with Crippen LogP contribution in [0.1, 0.15) is 12.6 Å². The quantitative estimate of drug-likeness (QED) is 0.559. The van der Waals surface area contributed by atoms with E-state index in [1.807, 2.05) is 35.7 Å². The molecule has 3 nitrogen and oxygen atoms in total. The van der Waals surface area contributed by atoms with Gasteiger partial charge in [0.1, 0.15) is 0 Å². The summed E-state index contributed by atoms with van der Waals surface area (Å²) in [5.74, 6) is -1.35. The van der Waals surface area contributed by atoms with Gasteiger partial charge in [-0.05, 0) is 30.3 Å². The highest BCUT2D eigenvalue weighted by molar-refractivity contribution is 7.98. The van der Waals surface area contributed by atoms with Gasteiger partial charge in [0.05, 0.1) is 11.4 Å². The first-order valence-corrected chi connectivity index (χ1v) is 9.29. The Morgan fingerprint density at radius 2 is 1.92 bits per heavy atom. The number of anilines is 2. The summed E-state index contributed by atoms with van der Waals surface area (Å²) in [6.45, 7) is 1.49. The smallest absolute Gasteiger partial charge is 0.230 e. The van der Waals surface area contributed by atoms with Crippen molar-refractivity contribution in [2.24, 2.45) is 0 Å². The number of aromatic nitrogens is 1. The zero-order chi connectivity index (χ0) is 17.8. The van der Waals surface area contributed by atoms with Crippen molar-refractivity contribution in [2.75, 3.05) is 4.90 Å². The third kappa shape index (κ3) is 4.24. The first kappa shape index (κ1) is 17.6. The third-order valence-electron chi connectivity index (χ3n) is 3.34. The highest BCUT2D eigenvalue weighted by Gasteiger charge is 2.17. The van der Waals surface area contributed by atoms with Gasteiger partial charge in [-0.25, -0.2) is 13.8 Å². The van der Waals surface area contributed by atoms with Gasteiger partial charge in [-0.3, -0.25) is 9.69 Å². The molecule has 25 heavy (non-hydrogen) atoms. The summed E-state index contributed by atoms with van der Waals surface area (Å²) in [7, 11) is 0. The van der Waals surface area contributed by atoms with E-state index >= 15 is 0 Å². The van der Waals surface area contributed by atoms with Crippen LogP contribution in [0.25, 0.3) is 0 Å². The molecule has 0 atom stereocenters. The summed E-state index contributed by atoms with van der Waals surface area (Å²) in [6, 6.07) is 13.1. The Morgan fingerprint density at radius 1 is 1.16 bits per heavy atom. The fourth-order valence-corrected chi connectivity index (χ4v) is 4.00. The molecule has 3 rings (SSSR count). The molecule has 1 amide bonds. The maximum atomic E-state index is 13.2. The number of amides is 1. The predicted molar refractivity (Wildman–Crippen MR) is 97.3 cm³/mol. The highest BCUT2D eigenvalue weighted by atomic mass is 32.2. The lowest BCUT2D eigenvalue weighted by Crippen LogP contribution is -2.22. The molecule has 0 unspecified atom stereocenters. The summed E-state index contributed by atoms with van der Waals surface area (Å²) in [5, 5.41) is 2.45. The predicted octanol–water partition coefficient (Wildman–Crippen LogP) is 5.40. The fraction of sp³-hybridized carbons (Fsp3) is 0.111. The molecule has 128 valence electrons. The average Bonchev–Trinajstić information content (AvgIpc) is 3.05. The molecule has 7 heteroatoms. The van der Waals surface area contributed by atoms with Crippen LogP contribution in [0.2, 0.25) is 0 Å². The molecular formula is C18H14F2N2OS2. The molecule has 0 aliphatic carbocycles. The number of benzene rings is 2. The molecule has 0 saturated carbocycles. The molecular weight excluding hydrogens is 362 g/mol. The molecule has 0 spiro atoms. The van der Waals surface area contributed by atoms with Crippen molar-refractivity contribution in [3.8, 4) is 0 Å². The summed E-state index contributed by atoms with van der Waals surface area (Å²) >= 11 is 2.73. The Morgan fingerprint density at radius 3 is 2.60 bits per heavy atom. The van der Waals surface area contributed by atoms with E-state index in [-0.39, 0.29) is 5.91 Å². The van der Waals surface area contributed by atoms with Crippen molar-refractivity contribution in [3.05, 3.63) is 71.2 Å². The molecule has 0 N–H and O–H groups in total. The molecule has 3 aromatic rings. The second kappa shape index (κ2) is 7.76. The second-order valence-electron chi connectivity index (χ2n) is 5.18. The second-order valence-corrected chi connectivity index (χ2v) is 7.06. The van der Waals surface area contributed by atoms with Gasteiger partial charge in [0.2, 0.25) is 5.91 Å². The van der Waals surface area contributed by atoms with E-state index in [0.717, 1.165) is 17.4 Å². The Balaban J connectivity index is 1.74. The molecule has 0 aliphatic heterocycles. The van der Waals surface area contributed by atoms with E-state index in [1.165, 1.54) is 42.2 Å². The molecule has 0 radical (unpaired) electrons. The lowest BCUT2D eigenvalue weighted by molar-refractivity contribution is -0.115. The number of thioether (sulfide) groups is 1. The number of rotatable bonds is 5. The Kier molecular flexibility index (Phi) is 5.45. The molecule has 1 aromatic heterocycles. The Bertz CT molecular complexity index is 884. The van der Waals surface area contributed by atoms with E-state index in [1.54, 1.807) is 4.90 Å². The van der Waals surface area contributed by atoms with Crippen molar-refractivity contribution in [2.45, 2.75) is 17.6 Å². The van der Waals surface area contributed by atoms with Crippen LogP contribution in [0, 0.1) is 11.6 Å². The summed E-state index contributed by atoms with van der Waals surface area (Å²) in [4.78, 5) is 18.7. The number of para-hydroxylation sites is 1. The fourth-order valence-electron chi connectivity index (χ4n) is 2.19. The number of hydrogen-bond acceptors (Lipinski definition) is 4. The number of hydrogen-bond donors (Lipinski definition) is 0. The van der Waals surface area contributed by atoms with E-state index < -0.39 is 11.6 Å². The first-order valence-electron chi connectivity index (χ1n) is 7.42. The van der Waals surface area contributed by atoms with Crippen LogP contribution in [0.15, 0.2) is 58.8 Å². The molecule has 2 aromatic carbocycles. The SMILES string of the molecule is CC(=O)N(c1ccccc1)c1nc(CSc2ccc(F)c(F)c2)cs1. The van der Waals surface area contributed by atoms with Crippen molar-refractivity contribution in [1.82, 2.24) is 4.98 Å². The van der Waals surface area contributed by atoms with Gasteiger partial charge in [0.25, 0.3) is 0 Å². The van der Waals surface area contributed by atoms with Crippen molar-refractivity contribution in [1.29, 1.82) is 0 Å². The normalized spacial score (nSPS) is 10.7.